The number of rotatable bonds is 2. The molecule has 4 rings (SSSR count). The predicted molar refractivity (Wildman–Crippen MR) is 132 cm³/mol. The highest BCUT2D eigenvalue weighted by atomic mass is 16.2. The van der Waals surface area contributed by atoms with Gasteiger partial charge in [0.1, 0.15) is 5.57 Å². The van der Waals surface area contributed by atoms with Crippen molar-refractivity contribution < 1.29 is 14.4 Å². The van der Waals surface area contributed by atoms with Crippen LogP contribution in [0.25, 0.3) is 6.08 Å². The highest BCUT2D eigenvalue weighted by Gasteiger charge is 2.38. The van der Waals surface area contributed by atoms with Crippen LogP contribution in [0.1, 0.15) is 60.9 Å². The maximum absolute atomic E-state index is 13.3. The molecule has 1 unspecified atom stereocenters. The summed E-state index contributed by atoms with van der Waals surface area (Å²) in [7, 11) is 2.10. The van der Waals surface area contributed by atoms with Crippen LogP contribution in [-0.4, -0.2) is 30.4 Å². The number of imide groups is 2. The van der Waals surface area contributed by atoms with Crippen LogP contribution in [0, 0.1) is 20.8 Å². The number of carbonyl (C=O) groups is 3. The molecular formula is C27H31N3O3. The van der Waals surface area contributed by atoms with E-state index in [4.69, 9.17) is 0 Å². The highest BCUT2D eigenvalue weighted by molar-refractivity contribution is 6.39. The normalized spacial score (nSPS) is 21.4. The Morgan fingerprint density at radius 3 is 2.36 bits per heavy atom. The summed E-state index contributed by atoms with van der Waals surface area (Å²) in [6.45, 7) is 12.5. The maximum Gasteiger partial charge on any atom is 0.335 e. The first-order valence-electron chi connectivity index (χ1n) is 11.3. The molecule has 0 radical (unpaired) electrons. The minimum absolute atomic E-state index is 0.0467. The Morgan fingerprint density at radius 2 is 1.70 bits per heavy atom. The van der Waals surface area contributed by atoms with Crippen molar-refractivity contribution in [3.05, 3.63) is 63.7 Å². The van der Waals surface area contributed by atoms with Gasteiger partial charge in [-0.15, -0.1) is 0 Å². The summed E-state index contributed by atoms with van der Waals surface area (Å²) in [4.78, 5) is 41.9. The van der Waals surface area contributed by atoms with Gasteiger partial charge in [0.15, 0.2) is 0 Å². The van der Waals surface area contributed by atoms with E-state index in [-0.39, 0.29) is 11.1 Å². The fourth-order valence-electron chi connectivity index (χ4n) is 4.80. The average Bonchev–Trinajstić information content (AvgIpc) is 2.72. The van der Waals surface area contributed by atoms with E-state index >= 15 is 0 Å². The Bertz CT molecular complexity index is 1230. The number of hydrogen-bond donors (Lipinski definition) is 1. The maximum atomic E-state index is 13.3. The molecule has 0 spiro atoms. The number of nitrogens with zero attached hydrogens (tertiary/aromatic N) is 2. The van der Waals surface area contributed by atoms with Crippen molar-refractivity contribution in [2.75, 3.05) is 16.8 Å². The molecule has 2 aromatic carbocycles. The molecule has 6 heteroatoms. The van der Waals surface area contributed by atoms with Crippen LogP contribution in [0.5, 0.6) is 0 Å². The molecule has 2 aliphatic heterocycles. The molecule has 6 nitrogen and oxygen atoms in total. The van der Waals surface area contributed by atoms with Crippen LogP contribution >= 0.6 is 0 Å². The lowest BCUT2D eigenvalue weighted by Gasteiger charge is -2.45. The predicted octanol–water partition coefficient (Wildman–Crippen LogP) is 5.00. The largest absolute Gasteiger partial charge is 0.369 e. The van der Waals surface area contributed by atoms with E-state index in [0.717, 1.165) is 33.6 Å². The Balaban J connectivity index is 1.77. The topological polar surface area (TPSA) is 69.7 Å². The van der Waals surface area contributed by atoms with Gasteiger partial charge in [0, 0.05) is 18.3 Å². The van der Waals surface area contributed by atoms with Gasteiger partial charge >= 0.3 is 6.03 Å². The van der Waals surface area contributed by atoms with Gasteiger partial charge < -0.3 is 4.90 Å². The third-order valence-electron chi connectivity index (χ3n) is 7.17. The van der Waals surface area contributed by atoms with E-state index in [0.29, 0.717) is 11.6 Å². The number of fused-ring (bicyclic) bond motifs is 1. The first-order chi connectivity index (χ1) is 15.4. The zero-order valence-corrected chi connectivity index (χ0v) is 20.4. The first-order valence-corrected chi connectivity index (χ1v) is 11.3. The molecule has 1 N–H and O–H groups in total. The third kappa shape index (κ3) is 3.84. The second-order valence-electron chi connectivity index (χ2n) is 9.97. The summed E-state index contributed by atoms with van der Waals surface area (Å²) in [5.74, 6) is -0.947. The summed E-state index contributed by atoms with van der Waals surface area (Å²) in [5.41, 5.74) is 6.60. The molecule has 33 heavy (non-hydrogen) atoms. The molecule has 1 saturated heterocycles. The zero-order valence-electron chi connectivity index (χ0n) is 20.4. The van der Waals surface area contributed by atoms with Gasteiger partial charge in [-0.25, -0.2) is 9.69 Å². The van der Waals surface area contributed by atoms with Gasteiger partial charge in [-0.2, -0.15) is 0 Å². The van der Waals surface area contributed by atoms with Crippen molar-refractivity contribution in [1.29, 1.82) is 0 Å². The Morgan fingerprint density at radius 1 is 1.00 bits per heavy atom. The van der Waals surface area contributed by atoms with Gasteiger partial charge in [0.25, 0.3) is 11.8 Å². The summed E-state index contributed by atoms with van der Waals surface area (Å²) >= 11 is 0. The van der Waals surface area contributed by atoms with E-state index in [1.807, 2.05) is 26.8 Å². The average molecular weight is 446 g/mol. The first kappa shape index (κ1) is 22.8. The quantitative estimate of drug-likeness (QED) is 0.522. The van der Waals surface area contributed by atoms with Gasteiger partial charge in [0.05, 0.1) is 5.69 Å². The Labute approximate surface area is 195 Å². The van der Waals surface area contributed by atoms with Crippen LogP contribution in [0.4, 0.5) is 16.2 Å². The molecule has 0 saturated carbocycles. The van der Waals surface area contributed by atoms with Crippen molar-refractivity contribution >= 4 is 35.3 Å². The van der Waals surface area contributed by atoms with E-state index in [1.165, 1.54) is 11.3 Å². The molecule has 1 fully saturated rings. The molecule has 0 aliphatic carbocycles. The molecule has 2 aliphatic rings. The van der Waals surface area contributed by atoms with E-state index in [9.17, 15) is 14.4 Å². The Kier molecular flexibility index (Phi) is 5.43. The zero-order chi connectivity index (χ0) is 24.2. The molecule has 4 amide bonds. The number of urea groups is 1. The Hall–Kier alpha value is -3.41. The summed E-state index contributed by atoms with van der Waals surface area (Å²) in [6.07, 6.45) is 2.62. The number of amides is 4. The van der Waals surface area contributed by atoms with Crippen LogP contribution in [0.15, 0.2) is 35.9 Å². The number of nitrogens with one attached hydrogen (secondary N) is 1. The fraction of sp³-hybridized carbons (Fsp3) is 0.370. The smallest absolute Gasteiger partial charge is 0.335 e. The van der Waals surface area contributed by atoms with Crippen LogP contribution in [0.2, 0.25) is 0 Å². The SMILES string of the molecule is Cc1ccc(N2C(=O)NC(=O)/C(=C\c3cc4c(cc3C)N(C)C(C)(C)CC4C)C2=O)cc1C. The van der Waals surface area contributed by atoms with Crippen LogP contribution < -0.4 is 15.1 Å². The summed E-state index contributed by atoms with van der Waals surface area (Å²) < 4.78 is 0. The van der Waals surface area contributed by atoms with Gasteiger partial charge in [-0.3, -0.25) is 14.9 Å². The van der Waals surface area contributed by atoms with Crippen LogP contribution in [0.3, 0.4) is 0 Å². The van der Waals surface area contributed by atoms with E-state index < -0.39 is 17.8 Å². The number of carbonyl (C=O) groups excluding carboxylic acids is 3. The molecule has 172 valence electrons. The molecule has 0 aromatic heterocycles. The number of benzene rings is 2. The highest BCUT2D eigenvalue weighted by Crippen LogP contribution is 2.43. The van der Waals surface area contributed by atoms with Crippen LogP contribution in [-0.2, 0) is 9.59 Å². The number of anilines is 2. The van der Waals surface area contributed by atoms with Crippen molar-refractivity contribution in [2.24, 2.45) is 0 Å². The molecular weight excluding hydrogens is 414 g/mol. The fourth-order valence-corrected chi connectivity index (χ4v) is 4.80. The van der Waals surface area contributed by atoms with E-state index in [2.05, 4.69) is 50.2 Å². The summed E-state index contributed by atoms with van der Waals surface area (Å²) in [6, 6.07) is 8.82. The van der Waals surface area contributed by atoms with E-state index in [1.54, 1.807) is 18.2 Å². The lowest BCUT2D eigenvalue weighted by Crippen LogP contribution is -2.54. The van der Waals surface area contributed by atoms with Gasteiger partial charge in [-0.05, 0) is 105 Å². The minimum atomic E-state index is -0.731. The van der Waals surface area contributed by atoms with Crippen molar-refractivity contribution in [2.45, 2.75) is 59.4 Å². The lowest BCUT2D eigenvalue weighted by atomic mass is 9.79. The minimum Gasteiger partial charge on any atom is -0.369 e. The number of aryl methyl sites for hydroxylation is 3. The van der Waals surface area contributed by atoms with Gasteiger partial charge in [-0.1, -0.05) is 13.0 Å². The van der Waals surface area contributed by atoms with Crippen molar-refractivity contribution in [3.8, 4) is 0 Å². The third-order valence-corrected chi connectivity index (χ3v) is 7.17. The lowest BCUT2D eigenvalue weighted by molar-refractivity contribution is -0.122. The molecule has 2 heterocycles. The van der Waals surface area contributed by atoms with Crippen molar-refractivity contribution in [1.82, 2.24) is 5.32 Å². The van der Waals surface area contributed by atoms with Crippen molar-refractivity contribution in [3.63, 3.8) is 0 Å². The summed E-state index contributed by atoms with van der Waals surface area (Å²) in [5, 5.41) is 2.32. The molecule has 1 atom stereocenters. The molecule has 2 aromatic rings. The second-order valence-corrected chi connectivity index (χ2v) is 9.97. The monoisotopic (exact) mass is 445 g/mol. The molecule has 0 bridgehead atoms. The van der Waals surface area contributed by atoms with Gasteiger partial charge in [0.2, 0.25) is 0 Å². The second kappa shape index (κ2) is 7.87. The standard InChI is InChI=1S/C27H31N3O3/c1-15-8-9-20(10-16(15)2)30-25(32)22(24(31)28-26(30)33)13-19-12-21-18(4)14-27(5,6)29(7)23(21)11-17(19)3/h8-13,18H,14H2,1-7H3,(H,28,31,33)/b22-13+. The number of hydrogen-bond acceptors (Lipinski definition) is 4. The number of barbiturate groups is 1.